The van der Waals surface area contributed by atoms with Gasteiger partial charge >= 0.3 is 0 Å². The number of carbonyl (C=O) groups is 2. The second-order valence-corrected chi connectivity index (χ2v) is 4.70. The van der Waals surface area contributed by atoms with Gasteiger partial charge in [0.1, 0.15) is 0 Å². The molecular formula is C13H16N4O4. The number of hydrogen-bond donors (Lipinski definition) is 3. The molecule has 0 aliphatic carbocycles. The molecule has 1 aromatic rings. The van der Waals surface area contributed by atoms with Crippen LogP contribution in [0.4, 0.5) is 11.4 Å². The molecule has 1 aliphatic heterocycles. The second kappa shape index (κ2) is 6.21. The Bertz CT molecular complexity index is 588. The van der Waals surface area contributed by atoms with Crippen LogP contribution >= 0.6 is 0 Å². The fourth-order valence-corrected chi connectivity index (χ4v) is 2.15. The average molecular weight is 292 g/mol. The molecule has 1 heterocycles. The Labute approximate surface area is 121 Å². The van der Waals surface area contributed by atoms with Crippen molar-refractivity contribution in [1.29, 1.82) is 0 Å². The van der Waals surface area contributed by atoms with Crippen LogP contribution in [0.15, 0.2) is 18.2 Å². The standard InChI is InChI=1S/C13H16N4O4/c1-2-14-11-4-3-9(17(20)21)6-10(11)13(19)16-8-5-12(18)15-7-8/h3-4,6,8,14H,2,5,7H2,1H3,(H,15,18)(H,16,19). The molecule has 2 amide bonds. The molecule has 8 nitrogen and oxygen atoms in total. The van der Waals surface area contributed by atoms with Gasteiger partial charge in [0.05, 0.1) is 16.5 Å². The fraction of sp³-hybridized carbons (Fsp3) is 0.385. The van der Waals surface area contributed by atoms with Crippen LogP contribution in [0, 0.1) is 10.1 Å². The summed E-state index contributed by atoms with van der Waals surface area (Å²) in [7, 11) is 0. The first kappa shape index (κ1) is 14.8. The Morgan fingerprint density at radius 2 is 2.29 bits per heavy atom. The second-order valence-electron chi connectivity index (χ2n) is 4.70. The molecule has 21 heavy (non-hydrogen) atoms. The van der Waals surface area contributed by atoms with Gasteiger partial charge in [-0.05, 0) is 13.0 Å². The summed E-state index contributed by atoms with van der Waals surface area (Å²) < 4.78 is 0. The number of nitrogens with zero attached hydrogens (tertiary/aromatic N) is 1. The summed E-state index contributed by atoms with van der Waals surface area (Å²) in [6, 6.07) is 3.79. The van der Waals surface area contributed by atoms with Crippen LogP contribution < -0.4 is 16.0 Å². The fourth-order valence-electron chi connectivity index (χ4n) is 2.15. The van der Waals surface area contributed by atoms with Gasteiger partial charge in [0, 0.05) is 37.3 Å². The van der Waals surface area contributed by atoms with E-state index in [1.165, 1.54) is 18.2 Å². The third-order valence-electron chi connectivity index (χ3n) is 3.14. The highest BCUT2D eigenvalue weighted by Gasteiger charge is 2.25. The lowest BCUT2D eigenvalue weighted by molar-refractivity contribution is -0.384. The Hall–Kier alpha value is -2.64. The minimum absolute atomic E-state index is 0.119. The molecule has 0 saturated carbocycles. The highest BCUT2D eigenvalue weighted by molar-refractivity contribution is 6.00. The number of nitro benzene ring substituents is 1. The van der Waals surface area contributed by atoms with Crippen LogP contribution in [0.2, 0.25) is 0 Å². The molecule has 0 aromatic heterocycles. The summed E-state index contributed by atoms with van der Waals surface area (Å²) in [4.78, 5) is 33.7. The molecule has 3 N–H and O–H groups in total. The van der Waals surface area contributed by atoms with Gasteiger partial charge < -0.3 is 16.0 Å². The first-order chi connectivity index (χ1) is 10.0. The predicted octanol–water partition coefficient (Wildman–Crippen LogP) is 0.645. The SMILES string of the molecule is CCNc1ccc([N+](=O)[O-])cc1C(=O)NC1CNC(=O)C1. The summed E-state index contributed by atoms with van der Waals surface area (Å²) in [5, 5.41) is 19.1. The lowest BCUT2D eigenvalue weighted by Crippen LogP contribution is -2.36. The third kappa shape index (κ3) is 3.47. The monoisotopic (exact) mass is 292 g/mol. The molecule has 1 aromatic carbocycles. The lowest BCUT2D eigenvalue weighted by atomic mass is 10.1. The van der Waals surface area contributed by atoms with Crippen molar-refractivity contribution in [3.63, 3.8) is 0 Å². The summed E-state index contributed by atoms with van der Waals surface area (Å²) >= 11 is 0. The van der Waals surface area contributed by atoms with Gasteiger partial charge in [-0.3, -0.25) is 19.7 Å². The predicted molar refractivity (Wildman–Crippen MR) is 76.1 cm³/mol. The van der Waals surface area contributed by atoms with Crippen molar-refractivity contribution in [3.05, 3.63) is 33.9 Å². The zero-order chi connectivity index (χ0) is 15.4. The minimum atomic E-state index is -0.548. The molecule has 0 bridgehead atoms. The van der Waals surface area contributed by atoms with Crippen molar-refractivity contribution in [2.45, 2.75) is 19.4 Å². The van der Waals surface area contributed by atoms with Crippen LogP contribution in [0.1, 0.15) is 23.7 Å². The van der Waals surface area contributed by atoms with Crippen LogP contribution in [0.3, 0.4) is 0 Å². The van der Waals surface area contributed by atoms with E-state index < -0.39 is 10.8 Å². The van der Waals surface area contributed by atoms with Gasteiger partial charge in [-0.1, -0.05) is 0 Å². The van der Waals surface area contributed by atoms with Gasteiger partial charge in [0.15, 0.2) is 0 Å². The van der Waals surface area contributed by atoms with Gasteiger partial charge in [-0.25, -0.2) is 0 Å². The van der Waals surface area contributed by atoms with Gasteiger partial charge in [-0.15, -0.1) is 0 Å². The lowest BCUT2D eigenvalue weighted by Gasteiger charge is -2.14. The van der Waals surface area contributed by atoms with Crippen molar-refractivity contribution in [2.24, 2.45) is 0 Å². The number of benzene rings is 1. The Morgan fingerprint density at radius 3 is 2.86 bits per heavy atom. The van der Waals surface area contributed by atoms with Gasteiger partial charge in [0.2, 0.25) is 5.91 Å². The molecule has 1 saturated heterocycles. The highest BCUT2D eigenvalue weighted by atomic mass is 16.6. The molecule has 1 unspecified atom stereocenters. The van der Waals surface area contributed by atoms with E-state index in [-0.39, 0.29) is 29.6 Å². The maximum atomic E-state index is 12.3. The number of non-ortho nitro benzene ring substituents is 1. The van der Waals surface area contributed by atoms with E-state index in [4.69, 9.17) is 0 Å². The number of anilines is 1. The Balaban J connectivity index is 2.22. The van der Waals surface area contributed by atoms with E-state index in [2.05, 4.69) is 16.0 Å². The first-order valence-electron chi connectivity index (χ1n) is 6.61. The van der Waals surface area contributed by atoms with E-state index in [0.29, 0.717) is 18.8 Å². The summed E-state index contributed by atoms with van der Waals surface area (Å²) in [5.41, 5.74) is 0.575. The quantitative estimate of drug-likeness (QED) is 0.544. The summed E-state index contributed by atoms with van der Waals surface area (Å²) in [5.74, 6) is -0.553. The van der Waals surface area contributed by atoms with E-state index in [0.717, 1.165) is 0 Å². The Morgan fingerprint density at radius 1 is 1.52 bits per heavy atom. The number of rotatable bonds is 5. The van der Waals surface area contributed by atoms with Gasteiger partial charge in [0.25, 0.3) is 11.6 Å². The van der Waals surface area contributed by atoms with Crippen LogP contribution in [0.25, 0.3) is 0 Å². The van der Waals surface area contributed by atoms with Gasteiger partial charge in [-0.2, -0.15) is 0 Å². The Kier molecular flexibility index (Phi) is 4.36. The maximum absolute atomic E-state index is 12.3. The molecule has 112 valence electrons. The summed E-state index contributed by atoms with van der Waals surface area (Å²) in [6.07, 6.45) is 0.219. The van der Waals surface area contributed by atoms with Crippen molar-refractivity contribution >= 4 is 23.2 Å². The van der Waals surface area contributed by atoms with Crippen molar-refractivity contribution < 1.29 is 14.5 Å². The normalized spacial score (nSPS) is 17.2. The summed E-state index contributed by atoms with van der Waals surface area (Å²) in [6.45, 7) is 2.82. The number of nitrogens with one attached hydrogen (secondary N) is 3. The first-order valence-corrected chi connectivity index (χ1v) is 6.61. The van der Waals surface area contributed by atoms with Crippen molar-refractivity contribution in [3.8, 4) is 0 Å². The van der Waals surface area contributed by atoms with Crippen molar-refractivity contribution in [2.75, 3.05) is 18.4 Å². The molecular weight excluding hydrogens is 276 g/mol. The van der Waals surface area contributed by atoms with Crippen LogP contribution in [0.5, 0.6) is 0 Å². The zero-order valence-corrected chi connectivity index (χ0v) is 11.5. The highest BCUT2D eigenvalue weighted by Crippen LogP contribution is 2.22. The van der Waals surface area contributed by atoms with Crippen LogP contribution in [-0.4, -0.2) is 35.9 Å². The molecule has 1 atom stereocenters. The van der Waals surface area contributed by atoms with Crippen molar-refractivity contribution in [1.82, 2.24) is 10.6 Å². The largest absolute Gasteiger partial charge is 0.385 e. The number of hydrogen-bond acceptors (Lipinski definition) is 5. The molecule has 2 rings (SSSR count). The zero-order valence-electron chi connectivity index (χ0n) is 11.5. The third-order valence-corrected chi connectivity index (χ3v) is 3.14. The van der Waals surface area contributed by atoms with E-state index in [9.17, 15) is 19.7 Å². The number of nitro groups is 1. The maximum Gasteiger partial charge on any atom is 0.270 e. The van der Waals surface area contributed by atoms with E-state index >= 15 is 0 Å². The number of amides is 2. The minimum Gasteiger partial charge on any atom is -0.385 e. The van der Waals surface area contributed by atoms with Crippen LogP contribution in [-0.2, 0) is 4.79 Å². The average Bonchev–Trinajstić information content (AvgIpc) is 2.84. The number of carbonyl (C=O) groups excluding carboxylic acids is 2. The molecule has 1 fully saturated rings. The molecule has 0 spiro atoms. The molecule has 8 heteroatoms. The molecule has 0 radical (unpaired) electrons. The topological polar surface area (TPSA) is 113 Å². The smallest absolute Gasteiger partial charge is 0.270 e. The molecule has 1 aliphatic rings. The van der Waals surface area contributed by atoms with E-state index in [1.54, 1.807) is 0 Å². The van der Waals surface area contributed by atoms with E-state index in [1.807, 2.05) is 6.92 Å².